The fourth-order valence-electron chi connectivity index (χ4n) is 2.01. The first-order chi connectivity index (χ1) is 9.99. The number of carboxylic acids is 1. The van der Waals surface area contributed by atoms with Gasteiger partial charge in [0, 0.05) is 5.69 Å². The van der Waals surface area contributed by atoms with Gasteiger partial charge in [0.05, 0.1) is 5.56 Å². The van der Waals surface area contributed by atoms with Gasteiger partial charge in [-0.3, -0.25) is 4.79 Å². The number of carbonyl (C=O) groups is 2. The van der Waals surface area contributed by atoms with Gasteiger partial charge in [0.25, 0.3) is 5.91 Å². The van der Waals surface area contributed by atoms with Crippen molar-refractivity contribution < 1.29 is 14.7 Å². The molecule has 2 rings (SSSR count). The average Bonchev–Trinajstić information content (AvgIpc) is 2.47. The van der Waals surface area contributed by atoms with Crippen molar-refractivity contribution in [3.8, 4) is 0 Å². The van der Waals surface area contributed by atoms with Crippen LogP contribution in [0.3, 0.4) is 0 Å². The Kier molecular flexibility index (Phi) is 4.23. The van der Waals surface area contributed by atoms with E-state index in [1.54, 1.807) is 48.5 Å². The largest absolute Gasteiger partial charge is 0.479 e. The first kappa shape index (κ1) is 14.6. The van der Waals surface area contributed by atoms with Gasteiger partial charge in [0.2, 0.25) is 0 Å². The van der Waals surface area contributed by atoms with E-state index in [-0.39, 0.29) is 5.56 Å². The smallest absolute Gasteiger partial charge is 0.330 e. The van der Waals surface area contributed by atoms with Crippen LogP contribution in [0.25, 0.3) is 0 Å². The van der Waals surface area contributed by atoms with Gasteiger partial charge in [0.15, 0.2) is 6.04 Å². The number of benzene rings is 2. The molecule has 5 heteroatoms. The van der Waals surface area contributed by atoms with Crippen LogP contribution in [0.5, 0.6) is 0 Å². The third-order valence-corrected chi connectivity index (χ3v) is 3.11. The number of nitrogens with one attached hydrogen (secondary N) is 1. The standard InChI is InChI=1S/C16H16N2O3/c1-10-7-8-13(17)12(9-10)15(19)18-14(16(20)21)11-5-3-2-4-6-11/h2-9,14H,17H2,1H3,(H,18,19)(H,20,21)/t14-/m0/s1. The molecule has 21 heavy (non-hydrogen) atoms. The average molecular weight is 284 g/mol. The van der Waals surface area contributed by atoms with Crippen molar-refractivity contribution in [1.29, 1.82) is 0 Å². The molecule has 0 heterocycles. The van der Waals surface area contributed by atoms with E-state index in [2.05, 4.69) is 5.32 Å². The molecule has 0 aliphatic heterocycles. The van der Waals surface area contributed by atoms with Crippen LogP contribution in [0, 0.1) is 6.92 Å². The molecule has 108 valence electrons. The van der Waals surface area contributed by atoms with Gasteiger partial charge in [0.1, 0.15) is 0 Å². The molecule has 0 radical (unpaired) electrons. The predicted octanol–water partition coefficient (Wildman–Crippen LogP) is 2.13. The summed E-state index contributed by atoms with van der Waals surface area (Å²) in [6.45, 7) is 1.84. The van der Waals surface area contributed by atoms with Crippen LogP contribution in [0.15, 0.2) is 48.5 Å². The van der Waals surface area contributed by atoms with Crippen molar-refractivity contribution in [3.63, 3.8) is 0 Å². The van der Waals surface area contributed by atoms with Crippen molar-refractivity contribution in [2.24, 2.45) is 0 Å². The number of rotatable bonds is 4. The number of nitrogens with two attached hydrogens (primary N) is 1. The molecule has 0 aliphatic rings. The highest BCUT2D eigenvalue weighted by atomic mass is 16.4. The highest BCUT2D eigenvalue weighted by Crippen LogP contribution is 2.17. The molecule has 0 aliphatic carbocycles. The molecule has 5 nitrogen and oxygen atoms in total. The second-order valence-corrected chi connectivity index (χ2v) is 4.75. The summed E-state index contributed by atoms with van der Waals surface area (Å²) in [5.41, 5.74) is 7.74. The van der Waals surface area contributed by atoms with E-state index in [0.717, 1.165) is 5.56 Å². The second-order valence-electron chi connectivity index (χ2n) is 4.75. The Balaban J connectivity index is 2.27. The molecular weight excluding hydrogens is 268 g/mol. The molecule has 4 N–H and O–H groups in total. The van der Waals surface area contributed by atoms with Crippen LogP contribution in [-0.2, 0) is 4.79 Å². The van der Waals surface area contributed by atoms with Gasteiger partial charge < -0.3 is 16.2 Å². The van der Waals surface area contributed by atoms with Crippen LogP contribution in [0.2, 0.25) is 0 Å². The van der Waals surface area contributed by atoms with Crippen molar-refractivity contribution in [2.75, 3.05) is 5.73 Å². The van der Waals surface area contributed by atoms with E-state index < -0.39 is 17.9 Å². The third-order valence-electron chi connectivity index (χ3n) is 3.11. The summed E-state index contributed by atoms with van der Waals surface area (Å²) >= 11 is 0. The number of carbonyl (C=O) groups excluding carboxylic acids is 1. The van der Waals surface area contributed by atoms with Crippen LogP contribution in [0.4, 0.5) is 5.69 Å². The number of nitrogen functional groups attached to an aromatic ring is 1. The van der Waals surface area contributed by atoms with Crippen LogP contribution in [0.1, 0.15) is 27.5 Å². The van der Waals surface area contributed by atoms with E-state index in [4.69, 9.17) is 5.73 Å². The zero-order chi connectivity index (χ0) is 15.4. The first-order valence-electron chi connectivity index (χ1n) is 6.44. The fraction of sp³-hybridized carbons (Fsp3) is 0.125. The number of aliphatic carboxylic acids is 1. The lowest BCUT2D eigenvalue weighted by Crippen LogP contribution is -2.34. The SMILES string of the molecule is Cc1ccc(N)c(C(=O)N[C@H](C(=O)O)c2ccccc2)c1. The topological polar surface area (TPSA) is 92.4 Å². The predicted molar refractivity (Wildman–Crippen MR) is 79.9 cm³/mol. The Labute approximate surface area is 122 Å². The van der Waals surface area contributed by atoms with E-state index in [0.29, 0.717) is 11.3 Å². The maximum Gasteiger partial charge on any atom is 0.330 e. The molecule has 0 bridgehead atoms. The molecule has 0 unspecified atom stereocenters. The maximum absolute atomic E-state index is 12.3. The minimum absolute atomic E-state index is 0.275. The van der Waals surface area contributed by atoms with Gasteiger partial charge in [-0.25, -0.2) is 4.79 Å². The van der Waals surface area contributed by atoms with Gasteiger partial charge in [-0.2, -0.15) is 0 Å². The zero-order valence-corrected chi connectivity index (χ0v) is 11.5. The number of amides is 1. The zero-order valence-electron chi connectivity index (χ0n) is 11.5. The third kappa shape index (κ3) is 3.39. The summed E-state index contributed by atoms with van der Waals surface area (Å²) in [6.07, 6.45) is 0. The van der Waals surface area contributed by atoms with Crippen molar-refractivity contribution in [2.45, 2.75) is 13.0 Å². The van der Waals surface area contributed by atoms with E-state index in [1.807, 2.05) is 6.92 Å². The number of carboxylic acid groups (broad SMARTS) is 1. The molecular formula is C16H16N2O3. The van der Waals surface area contributed by atoms with Gasteiger partial charge in [-0.15, -0.1) is 0 Å². The maximum atomic E-state index is 12.3. The number of hydrogen-bond acceptors (Lipinski definition) is 3. The number of aryl methyl sites for hydroxylation is 1. The highest BCUT2D eigenvalue weighted by molar-refractivity contribution is 6.01. The molecule has 2 aromatic carbocycles. The minimum Gasteiger partial charge on any atom is -0.479 e. The van der Waals surface area contributed by atoms with Crippen molar-refractivity contribution in [1.82, 2.24) is 5.32 Å². The van der Waals surface area contributed by atoms with Gasteiger partial charge >= 0.3 is 5.97 Å². The van der Waals surface area contributed by atoms with E-state index in [9.17, 15) is 14.7 Å². The summed E-state index contributed by atoms with van der Waals surface area (Å²) < 4.78 is 0. The van der Waals surface area contributed by atoms with E-state index >= 15 is 0 Å². The summed E-state index contributed by atoms with van der Waals surface area (Å²) in [7, 11) is 0. The number of hydrogen-bond donors (Lipinski definition) is 3. The molecule has 1 atom stereocenters. The monoisotopic (exact) mass is 284 g/mol. The van der Waals surface area contributed by atoms with Gasteiger partial charge in [-0.05, 0) is 24.6 Å². The lowest BCUT2D eigenvalue weighted by Gasteiger charge is -2.16. The van der Waals surface area contributed by atoms with E-state index in [1.165, 1.54) is 0 Å². The summed E-state index contributed by atoms with van der Waals surface area (Å²) in [4.78, 5) is 23.6. The molecule has 0 fully saturated rings. The summed E-state index contributed by atoms with van der Waals surface area (Å²) in [6, 6.07) is 12.5. The van der Waals surface area contributed by atoms with Crippen LogP contribution in [-0.4, -0.2) is 17.0 Å². The Hall–Kier alpha value is -2.82. The lowest BCUT2D eigenvalue weighted by atomic mass is 10.1. The molecule has 1 amide bonds. The van der Waals surface area contributed by atoms with Crippen molar-refractivity contribution >= 4 is 17.6 Å². The summed E-state index contributed by atoms with van der Waals surface area (Å²) in [5, 5.41) is 11.8. The minimum atomic E-state index is -1.12. The highest BCUT2D eigenvalue weighted by Gasteiger charge is 2.23. The second kappa shape index (κ2) is 6.09. The molecule has 0 aromatic heterocycles. The quantitative estimate of drug-likeness (QED) is 0.750. The molecule has 2 aromatic rings. The Morgan fingerprint density at radius 2 is 1.81 bits per heavy atom. The Morgan fingerprint density at radius 1 is 1.14 bits per heavy atom. The first-order valence-corrected chi connectivity index (χ1v) is 6.44. The summed E-state index contributed by atoms with van der Waals surface area (Å²) in [5.74, 6) is -1.63. The molecule has 0 saturated heterocycles. The van der Waals surface area contributed by atoms with Crippen LogP contribution < -0.4 is 11.1 Å². The Bertz CT molecular complexity index is 668. The Morgan fingerprint density at radius 3 is 2.43 bits per heavy atom. The normalized spacial score (nSPS) is 11.7. The lowest BCUT2D eigenvalue weighted by molar-refractivity contribution is -0.139. The fourth-order valence-corrected chi connectivity index (χ4v) is 2.01. The number of anilines is 1. The van der Waals surface area contributed by atoms with Crippen molar-refractivity contribution in [3.05, 3.63) is 65.2 Å². The van der Waals surface area contributed by atoms with Crippen LogP contribution >= 0.6 is 0 Å². The van der Waals surface area contributed by atoms with Gasteiger partial charge in [-0.1, -0.05) is 42.0 Å². The molecule has 0 spiro atoms. The molecule has 0 saturated carbocycles.